The van der Waals surface area contributed by atoms with E-state index >= 15 is 0 Å². The largest absolute Gasteiger partial charge is 0.454 e. The van der Waals surface area contributed by atoms with Crippen LogP contribution in [0.25, 0.3) is 0 Å². The van der Waals surface area contributed by atoms with E-state index in [0.29, 0.717) is 37.1 Å². The van der Waals surface area contributed by atoms with E-state index in [0.717, 1.165) is 19.3 Å². The summed E-state index contributed by atoms with van der Waals surface area (Å²) in [5.41, 5.74) is 0.198. The van der Waals surface area contributed by atoms with E-state index in [2.05, 4.69) is 5.32 Å². The zero-order valence-electron chi connectivity index (χ0n) is 16.3. The summed E-state index contributed by atoms with van der Waals surface area (Å²) in [6, 6.07) is 4.33. The number of nitrogens with one attached hydrogen (secondary N) is 1. The molecule has 0 unspecified atom stereocenters. The number of nitrogens with two attached hydrogens (primary N) is 1. The Bertz CT molecular complexity index is 937. The number of hydrogen-bond acceptors (Lipinski definition) is 6. The molecule has 10 heteroatoms. The van der Waals surface area contributed by atoms with Gasteiger partial charge >= 0.3 is 5.97 Å². The van der Waals surface area contributed by atoms with Gasteiger partial charge in [0.25, 0.3) is 5.91 Å². The van der Waals surface area contributed by atoms with E-state index in [1.807, 2.05) is 0 Å². The number of esters is 1. The Morgan fingerprint density at radius 3 is 2.52 bits per heavy atom. The minimum Gasteiger partial charge on any atom is -0.454 e. The average molecular weight is 423 g/mol. The van der Waals surface area contributed by atoms with Gasteiger partial charge in [-0.2, -0.15) is 0 Å². The number of amides is 2. The van der Waals surface area contributed by atoms with Crippen molar-refractivity contribution in [3.63, 3.8) is 0 Å². The maximum atomic E-state index is 12.7. The number of hydrogen-bond donors (Lipinski definition) is 2. The third kappa shape index (κ3) is 4.59. The van der Waals surface area contributed by atoms with E-state index in [4.69, 9.17) is 9.88 Å². The van der Waals surface area contributed by atoms with Gasteiger partial charge in [0.2, 0.25) is 15.9 Å². The Morgan fingerprint density at radius 1 is 1.21 bits per heavy atom. The summed E-state index contributed by atoms with van der Waals surface area (Å²) >= 11 is 0. The molecule has 9 nitrogen and oxygen atoms in total. The number of rotatable bonds is 5. The van der Waals surface area contributed by atoms with Gasteiger partial charge in [0.15, 0.2) is 6.61 Å². The predicted octanol–water partition coefficient (Wildman–Crippen LogP) is 0.605. The molecule has 1 aliphatic carbocycles. The summed E-state index contributed by atoms with van der Waals surface area (Å²) in [5.74, 6) is -1.31. The van der Waals surface area contributed by atoms with Crippen LogP contribution < -0.4 is 15.4 Å². The Kier molecular flexibility index (Phi) is 5.95. The molecule has 158 valence electrons. The minimum absolute atomic E-state index is 0.00785. The molecule has 0 spiro atoms. The molecule has 0 bridgehead atoms. The third-order valence-electron chi connectivity index (χ3n) is 5.42. The van der Waals surface area contributed by atoms with Gasteiger partial charge in [-0.3, -0.25) is 9.59 Å². The number of anilines is 1. The van der Waals surface area contributed by atoms with Crippen LogP contribution in [0.15, 0.2) is 23.1 Å². The molecule has 3 N–H and O–H groups in total. The molecule has 0 radical (unpaired) electrons. The van der Waals surface area contributed by atoms with Gasteiger partial charge in [-0.25, -0.2) is 18.4 Å². The maximum absolute atomic E-state index is 12.7. The molecule has 0 atom stereocenters. The van der Waals surface area contributed by atoms with Crippen LogP contribution in [0.1, 0.15) is 44.6 Å². The average Bonchev–Trinajstić information content (AvgIpc) is 3.08. The lowest BCUT2D eigenvalue weighted by atomic mass is 9.81. The number of nitrogens with zero attached hydrogens (tertiary/aromatic N) is 1. The second kappa shape index (κ2) is 8.11. The lowest BCUT2D eigenvalue weighted by Crippen LogP contribution is -2.56. The second-order valence-corrected chi connectivity index (χ2v) is 9.09. The first-order chi connectivity index (χ1) is 13.6. The van der Waals surface area contributed by atoms with Gasteiger partial charge < -0.3 is 15.0 Å². The Hall–Kier alpha value is -2.46. The summed E-state index contributed by atoms with van der Waals surface area (Å²) in [5, 5.41) is 7.87. The van der Waals surface area contributed by atoms with Gasteiger partial charge in [-0.1, -0.05) is 19.3 Å². The number of ether oxygens (including phenoxy) is 1. The zero-order chi connectivity index (χ0) is 21.2. The number of carbonyl (C=O) groups is 3. The fourth-order valence-electron chi connectivity index (χ4n) is 4.03. The van der Waals surface area contributed by atoms with Crippen molar-refractivity contribution < 1.29 is 27.5 Å². The fraction of sp³-hybridized carbons (Fsp3) is 0.526. The molecule has 0 aromatic heterocycles. The number of fused-ring (bicyclic) bond motifs is 1. The molecule has 0 saturated heterocycles. The van der Waals surface area contributed by atoms with Crippen molar-refractivity contribution in [1.29, 1.82) is 0 Å². The van der Waals surface area contributed by atoms with Crippen LogP contribution in [0.5, 0.6) is 0 Å². The standard InChI is InChI=1S/C19H25N3O6S/c1-13(23)21-19(8-3-2-4-9-19)18(25)28-12-17(24)22-10-7-14-11-15(29(20,26)27)5-6-16(14)22/h5-6,11H,2-4,7-10,12H2,1H3,(H,21,23)(H2,20,26,27). The first-order valence-corrected chi connectivity index (χ1v) is 11.1. The van der Waals surface area contributed by atoms with Crippen molar-refractivity contribution in [3.8, 4) is 0 Å². The molecular formula is C19H25N3O6S. The summed E-state index contributed by atoms with van der Waals surface area (Å²) in [6.07, 6.45) is 4.04. The molecule has 1 aromatic carbocycles. The predicted molar refractivity (Wildman–Crippen MR) is 104 cm³/mol. The van der Waals surface area contributed by atoms with Crippen molar-refractivity contribution in [3.05, 3.63) is 23.8 Å². The molecule has 1 aliphatic heterocycles. The van der Waals surface area contributed by atoms with Crippen molar-refractivity contribution in [2.45, 2.75) is 55.9 Å². The molecule has 3 rings (SSSR count). The van der Waals surface area contributed by atoms with Crippen LogP contribution in [0.2, 0.25) is 0 Å². The number of carbonyl (C=O) groups excluding carboxylic acids is 3. The van der Waals surface area contributed by atoms with Crippen LogP contribution >= 0.6 is 0 Å². The lowest BCUT2D eigenvalue weighted by molar-refractivity contribution is -0.157. The van der Waals surface area contributed by atoms with Gasteiger partial charge in [-0.15, -0.1) is 0 Å². The SMILES string of the molecule is CC(=O)NC1(C(=O)OCC(=O)N2CCc3cc(S(N)(=O)=O)ccc32)CCCCC1. The van der Waals surface area contributed by atoms with E-state index in [1.54, 1.807) is 0 Å². The first-order valence-electron chi connectivity index (χ1n) is 9.54. The molecule has 1 fully saturated rings. The van der Waals surface area contributed by atoms with Gasteiger partial charge in [0, 0.05) is 19.2 Å². The van der Waals surface area contributed by atoms with Crippen molar-refractivity contribution in [2.24, 2.45) is 5.14 Å². The normalized spacial score (nSPS) is 18.1. The van der Waals surface area contributed by atoms with Crippen LogP contribution in [0, 0.1) is 0 Å². The maximum Gasteiger partial charge on any atom is 0.332 e. The fourth-order valence-corrected chi connectivity index (χ4v) is 4.59. The van der Waals surface area contributed by atoms with Crippen molar-refractivity contribution >= 4 is 33.5 Å². The molecule has 2 aliphatic rings. The highest BCUT2D eigenvalue weighted by Crippen LogP contribution is 2.31. The highest BCUT2D eigenvalue weighted by atomic mass is 32.2. The number of primary sulfonamides is 1. The first kappa shape index (κ1) is 21.3. The second-order valence-electron chi connectivity index (χ2n) is 7.53. The molecular weight excluding hydrogens is 398 g/mol. The topological polar surface area (TPSA) is 136 Å². The van der Waals surface area contributed by atoms with E-state index in [-0.39, 0.29) is 10.8 Å². The van der Waals surface area contributed by atoms with Crippen LogP contribution in [0.4, 0.5) is 5.69 Å². The Balaban J connectivity index is 1.67. The van der Waals surface area contributed by atoms with Gasteiger partial charge in [0.05, 0.1) is 4.90 Å². The van der Waals surface area contributed by atoms with Crippen LogP contribution in [-0.2, 0) is 35.6 Å². The molecule has 29 heavy (non-hydrogen) atoms. The number of sulfonamides is 1. The quantitative estimate of drug-likeness (QED) is 0.666. The molecule has 1 heterocycles. The third-order valence-corrected chi connectivity index (χ3v) is 6.33. The highest BCUT2D eigenvalue weighted by molar-refractivity contribution is 7.89. The summed E-state index contributed by atoms with van der Waals surface area (Å²) in [4.78, 5) is 38.3. The summed E-state index contributed by atoms with van der Waals surface area (Å²) in [7, 11) is -3.82. The van der Waals surface area contributed by atoms with Crippen LogP contribution in [-0.4, -0.2) is 44.9 Å². The molecule has 2 amide bonds. The Labute approximate surface area is 169 Å². The minimum atomic E-state index is -3.82. The summed E-state index contributed by atoms with van der Waals surface area (Å²) in [6.45, 7) is 1.26. The van der Waals surface area contributed by atoms with Crippen LogP contribution in [0.3, 0.4) is 0 Å². The van der Waals surface area contributed by atoms with Crippen molar-refractivity contribution in [1.82, 2.24) is 5.32 Å². The molecule has 1 saturated carbocycles. The van der Waals surface area contributed by atoms with E-state index < -0.39 is 34.0 Å². The lowest BCUT2D eigenvalue weighted by Gasteiger charge is -2.35. The smallest absolute Gasteiger partial charge is 0.332 e. The number of benzene rings is 1. The monoisotopic (exact) mass is 423 g/mol. The zero-order valence-corrected chi connectivity index (χ0v) is 17.1. The van der Waals surface area contributed by atoms with Gasteiger partial charge in [0.1, 0.15) is 5.54 Å². The van der Waals surface area contributed by atoms with Gasteiger partial charge in [-0.05, 0) is 43.0 Å². The Morgan fingerprint density at radius 2 is 1.90 bits per heavy atom. The highest BCUT2D eigenvalue weighted by Gasteiger charge is 2.42. The molecule has 1 aromatic rings. The van der Waals surface area contributed by atoms with E-state index in [1.165, 1.54) is 30.0 Å². The van der Waals surface area contributed by atoms with Crippen molar-refractivity contribution in [2.75, 3.05) is 18.1 Å². The summed E-state index contributed by atoms with van der Waals surface area (Å²) < 4.78 is 28.3. The van der Waals surface area contributed by atoms with E-state index in [9.17, 15) is 22.8 Å².